The molecule has 0 saturated heterocycles. The zero-order chi connectivity index (χ0) is 27.9. The smallest absolute Gasteiger partial charge is 0.0540 e. The van der Waals surface area contributed by atoms with E-state index in [0.29, 0.717) is 0 Å². The van der Waals surface area contributed by atoms with Crippen molar-refractivity contribution in [2.45, 2.75) is 0 Å². The SMILES string of the molecule is c1ccc(N(c2ccccc2)c2ccc3c(c2)-c2cccc4c(N(c5ccccc5)c5ccccc5)ccc-3c24)cc1. The Hall–Kier alpha value is -5.60. The molecule has 0 spiro atoms. The van der Waals surface area contributed by atoms with Crippen LogP contribution >= 0.6 is 0 Å². The van der Waals surface area contributed by atoms with E-state index in [-0.39, 0.29) is 0 Å². The fraction of sp³-hybridized carbons (Fsp3) is 0. The lowest BCUT2D eigenvalue weighted by Gasteiger charge is -2.27. The molecule has 42 heavy (non-hydrogen) atoms. The molecule has 0 fully saturated rings. The summed E-state index contributed by atoms with van der Waals surface area (Å²) in [6.45, 7) is 0. The average Bonchev–Trinajstić information content (AvgIpc) is 3.39. The van der Waals surface area contributed by atoms with Crippen molar-refractivity contribution in [3.05, 3.63) is 170 Å². The number of para-hydroxylation sites is 4. The molecule has 0 saturated carbocycles. The first-order valence-corrected chi connectivity index (χ1v) is 14.4. The van der Waals surface area contributed by atoms with Crippen LogP contribution in [0.1, 0.15) is 0 Å². The molecular weight excluding hydrogens is 508 g/mol. The maximum Gasteiger partial charge on any atom is 0.0540 e. The van der Waals surface area contributed by atoms with Gasteiger partial charge in [-0.3, -0.25) is 0 Å². The summed E-state index contributed by atoms with van der Waals surface area (Å²) in [6.07, 6.45) is 0. The Morgan fingerprint density at radius 1 is 0.286 bits per heavy atom. The summed E-state index contributed by atoms with van der Waals surface area (Å²) in [5, 5.41) is 2.56. The topological polar surface area (TPSA) is 6.48 Å². The van der Waals surface area contributed by atoms with Gasteiger partial charge in [-0.2, -0.15) is 0 Å². The molecule has 198 valence electrons. The highest BCUT2D eigenvalue weighted by Gasteiger charge is 2.26. The maximum absolute atomic E-state index is 2.36. The number of hydrogen-bond donors (Lipinski definition) is 0. The van der Waals surface area contributed by atoms with Crippen molar-refractivity contribution in [2.75, 3.05) is 9.80 Å². The maximum atomic E-state index is 2.36. The van der Waals surface area contributed by atoms with Crippen LogP contribution in [-0.2, 0) is 0 Å². The molecule has 0 radical (unpaired) electrons. The molecule has 0 heterocycles. The van der Waals surface area contributed by atoms with Crippen molar-refractivity contribution in [1.82, 2.24) is 0 Å². The van der Waals surface area contributed by atoms with E-state index in [4.69, 9.17) is 0 Å². The predicted molar refractivity (Wildman–Crippen MR) is 178 cm³/mol. The van der Waals surface area contributed by atoms with Gasteiger partial charge in [-0.05, 0) is 94.4 Å². The van der Waals surface area contributed by atoms with Crippen LogP contribution in [0.2, 0.25) is 0 Å². The fourth-order valence-corrected chi connectivity index (χ4v) is 6.35. The minimum atomic E-state index is 1.14. The minimum absolute atomic E-state index is 1.14. The fourth-order valence-electron chi connectivity index (χ4n) is 6.35. The highest BCUT2D eigenvalue weighted by molar-refractivity contribution is 6.19. The first kappa shape index (κ1) is 24.2. The van der Waals surface area contributed by atoms with Gasteiger partial charge < -0.3 is 9.80 Å². The molecule has 8 rings (SSSR count). The Kier molecular flexibility index (Phi) is 5.82. The van der Waals surface area contributed by atoms with Crippen molar-refractivity contribution < 1.29 is 0 Å². The summed E-state index contributed by atoms with van der Waals surface area (Å²) in [6, 6.07) is 60.7. The van der Waals surface area contributed by atoms with Crippen LogP contribution in [0.4, 0.5) is 34.1 Å². The minimum Gasteiger partial charge on any atom is -0.310 e. The predicted octanol–water partition coefficient (Wildman–Crippen LogP) is 11.4. The van der Waals surface area contributed by atoms with E-state index in [0.717, 1.165) is 28.4 Å². The standard InChI is InChI=1S/C40H28N2/c1-5-14-29(15-6-1)41(30-16-7-2-8-17-30)33-24-25-34-36-26-27-39(37-23-13-22-35(40(36)37)38(34)28-33)42(31-18-9-3-10-19-31)32-20-11-4-12-21-32/h1-28H. The van der Waals surface area contributed by atoms with Gasteiger partial charge in [0.25, 0.3) is 0 Å². The van der Waals surface area contributed by atoms with Crippen LogP contribution in [0.25, 0.3) is 33.0 Å². The largest absolute Gasteiger partial charge is 0.310 e. The Balaban J connectivity index is 1.31. The van der Waals surface area contributed by atoms with Crippen LogP contribution in [-0.4, -0.2) is 0 Å². The lowest BCUT2D eigenvalue weighted by molar-refractivity contribution is 1.28. The van der Waals surface area contributed by atoms with Crippen molar-refractivity contribution in [1.29, 1.82) is 0 Å². The van der Waals surface area contributed by atoms with Gasteiger partial charge in [-0.15, -0.1) is 0 Å². The molecule has 2 heteroatoms. The van der Waals surface area contributed by atoms with Gasteiger partial charge in [-0.1, -0.05) is 103 Å². The van der Waals surface area contributed by atoms with Crippen LogP contribution in [0, 0.1) is 0 Å². The Morgan fingerprint density at radius 3 is 1.31 bits per heavy atom. The number of hydrogen-bond acceptors (Lipinski definition) is 2. The zero-order valence-corrected chi connectivity index (χ0v) is 23.1. The number of nitrogens with zero attached hydrogens (tertiary/aromatic N) is 2. The zero-order valence-electron chi connectivity index (χ0n) is 23.1. The molecule has 0 unspecified atom stereocenters. The van der Waals surface area contributed by atoms with Crippen molar-refractivity contribution >= 4 is 44.9 Å². The number of rotatable bonds is 6. The normalized spacial score (nSPS) is 11.3. The third kappa shape index (κ3) is 3.96. The first-order valence-electron chi connectivity index (χ1n) is 14.4. The monoisotopic (exact) mass is 536 g/mol. The van der Waals surface area contributed by atoms with Crippen molar-refractivity contribution in [3.63, 3.8) is 0 Å². The molecule has 0 bridgehead atoms. The molecule has 7 aromatic rings. The highest BCUT2D eigenvalue weighted by atomic mass is 15.1. The molecule has 0 aliphatic heterocycles. The average molecular weight is 537 g/mol. The Morgan fingerprint density at radius 2 is 0.762 bits per heavy atom. The summed E-state index contributed by atoms with van der Waals surface area (Å²) in [5.74, 6) is 0. The second-order valence-electron chi connectivity index (χ2n) is 10.6. The van der Waals surface area contributed by atoms with E-state index < -0.39 is 0 Å². The van der Waals surface area contributed by atoms with E-state index in [2.05, 4.69) is 180 Å². The molecule has 2 nitrogen and oxygen atoms in total. The third-order valence-electron chi connectivity index (χ3n) is 8.16. The van der Waals surface area contributed by atoms with Crippen LogP contribution < -0.4 is 9.80 Å². The van der Waals surface area contributed by atoms with E-state index in [1.807, 2.05) is 0 Å². The van der Waals surface area contributed by atoms with E-state index in [1.54, 1.807) is 0 Å². The van der Waals surface area contributed by atoms with Gasteiger partial charge in [-0.25, -0.2) is 0 Å². The summed E-state index contributed by atoms with van der Waals surface area (Å²) in [7, 11) is 0. The first-order chi connectivity index (χ1) is 20.9. The van der Waals surface area contributed by atoms with Gasteiger partial charge >= 0.3 is 0 Å². The van der Waals surface area contributed by atoms with E-state index in [9.17, 15) is 0 Å². The Labute approximate surface area is 246 Å². The van der Waals surface area contributed by atoms with Crippen LogP contribution in [0.3, 0.4) is 0 Å². The van der Waals surface area contributed by atoms with Crippen LogP contribution in [0.15, 0.2) is 170 Å². The molecule has 0 atom stereocenters. The molecule has 0 N–H and O–H groups in total. The second-order valence-corrected chi connectivity index (χ2v) is 10.6. The van der Waals surface area contributed by atoms with Crippen molar-refractivity contribution in [2.24, 2.45) is 0 Å². The molecule has 1 aliphatic rings. The van der Waals surface area contributed by atoms with E-state index >= 15 is 0 Å². The van der Waals surface area contributed by atoms with E-state index in [1.165, 1.54) is 38.7 Å². The highest BCUT2D eigenvalue weighted by Crippen LogP contribution is 2.52. The number of benzene rings is 7. The van der Waals surface area contributed by atoms with Crippen molar-refractivity contribution in [3.8, 4) is 22.3 Å². The summed E-state index contributed by atoms with van der Waals surface area (Å²) in [5.41, 5.74) is 12.0. The molecule has 0 amide bonds. The summed E-state index contributed by atoms with van der Waals surface area (Å²) in [4.78, 5) is 4.70. The molecule has 7 aromatic carbocycles. The third-order valence-corrected chi connectivity index (χ3v) is 8.16. The summed E-state index contributed by atoms with van der Waals surface area (Å²) < 4.78 is 0. The van der Waals surface area contributed by atoms with Crippen LogP contribution in [0.5, 0.6) is 0 Å². The quantitative estimate of drug-likeness (QED) is 0.208. The van der Waals surface area contributed by atoms with Gasteiger partial charge in [0.1, 0.15) is 0 Å². The van der Waals surface area contributed by atoms with Gasteiger partial charge in [0.2, 0.25) is 0 Å². The van der Waals surface area contributed by atoms with Gasteiger partial charge in [0.05, 0.1) is 5.69 Å². The molecule has 1 aliphatic carbocycles. The lowest BCUT2D eigenvalue weighted by atomic mass is 10.0. The lowest BCUT2D eigenvalue weighted by Crippen LogP contribution is -2.10. The number of fused-ring (bicyclic) bond motifs is 3. The second kappa shape index (κ2) is 10.1. The summed E-state index contributed by atoms with van der Waals surface area (Å²) >= 11 is 0. The number of anilines is 6. The molecule has 0 aromatic heterocycles. The molecular formula is C40H28N2. The Bertz CT molecular complexity index is 1940. The van der Waals surface area contributed by atoms with Gasteiger partial charge in [0.15, 0.2) is 0 Å². The van der Waals surface area contributed by atoms with Gasteiger partial charge in [0, 0.05) is 33.8 Å².